The van der Waals surface area contributed by atoms with Gasteiger partial charge in [-0.1, -0.05) is 18.2 Å². The van der Waals surface area contributed by atoms with Crippen molar-refractivity contribution in [2.45, 2.75) is 13.5 Å². The Balaban J connectivity index is 2.29. The van der Waals surface area contributed by atoms with E-state index in [0.29, 0.717) is 5.75 Å². The highest BCUT2D eigenvalue weighted by molar-refractivity contribution is 5.70. The SMILES string of the molecule is CC[n+]1ccccc1/C=C\c1ccccc1O. The number of hydrogen-bond acceptors (Lipinski definition) is 1. The van der Waals surface area contributed by atoms with Crippen LogP contribution < -0.4 is 4.57 Å². The molecule has 1 heterocycles. The van der Waals surface area contributed by atoms with Gasteiger partial charge in [0.05, 0.1) is 0 Å². The lowest BCUT2D eigenvalue weighted by molar-refractivity contribution is -0.695. The van der Waals surface area contributed by atoms with Crippen LogP contribution in [0, 0.1) is 0 Å². The van der Waals surface area contributed by atoms with Gasteiger partial charge in [-0.25, -0.2) is 0 Å². The summed E-state index contributed by atoms with van der Waals surface area (Å²) >= 11 is 0. The van der Waals surface area contributed by atoms with E-state index in [4.69, 9.17) is 0 Å². The van der Waals surface area contributed by atoms with Crippen molar-refractivity contribution >= 4 is 12.2 Å². The first-order chi connectivity index (χ1) is 8.31. The molecule has 2 nitrogen and oxygen atoms in total. The van der Waals surface area contributed by atoms with Crippen LogP contribution in [-0.2, 0) is 6.54 Å². The number of para-hydroxylation sites is 1. The van der Waals surface area contributed by atoms with Gasteiger partial charge in [-0.2, -0.15) is 4.57 Å². The van der Waals surface area contributed by atoms with Crippen LogP contribution in [0.2, 0.25) is 0 Å². The lowest BCUT2D eigenvalue weighted by atomic mass is 10.1. The van der Waals surface area contributed by atoms with Crippen LogP contribution in [0.1, 0.15) is 18.2 Å². The van der Waals surface area contributed by atoms with Crippen molar-refractivity contribution in [1.29, 1.82) is 0 Å². The van der Waals surface area contributed by atoms with E-state index < -0.39 is 0 Å². The number of aryl methyl sites for hydroxylation is 1. The molecule has 0 aliphatic carbocycles. The highest BCUT2D eigenvalue weighted by atomic mass is 16.3. The van der Waals surface area contributed by atoms with Gasteiger partial charge in [-0.15, -0.1) is 0 Å². The first-order valence-electron chi connectivity index (χ1n) is 5.76. The Labute approximate surface area is 101 Å². The van der Waals surface area contributed by atoms with Crippen LogP contribution in [0.4, 0.5) is 0 Å². The summed E-state index contributed by atoms with van der Waals surface area (Å²) in [5.74, 6) is 0.308. The second kappa shape index (κ2) is 5.30. The molecule has 0 spiro atoms. The average Bonchev–Trinajstić information content (AvgIpc) is 2.38. The van der Waals surface area contributed by atoms with Gasteiger partial charge in [0.2, 0.25) is 5.69 Å². The maximum atomic E-state index is 9.66. The minimum Gasteiger partial charge on any atom is -0.507 e. The molecule has 0 aliphatic rings. The average molecular weight is 226 g/mol. The van der Waals surface area contributed by atoms with E-state index in [1.54, 1.807) is 6.07 Å². The predicted molar refractivity (Wildman–Crippen MR) is 69.3 cm³/mol. The van der Waals surface area contributed by atoms with E-state index in [9.17, 15) is 5.11 Å². The molecule has 1 aromatic carbocycles. The molecule has 1 N–H and O–H groups in total. The predicted octanol–water partition coefficient (Wildman–Crippen LogP) is 2.87. The standard InChI is InChI=1S/C15H15NO/c1-2-16-12-6-5-8-14(16)11-10-13-7-3-4-9-15(13)17/h3-12H,2H2,1H3/p+1. The molecule has 0 atom stereocenters. The molecule has 0 saturated carbocycles. The largest absolute Gasteiger partial charge is 0.507 e. The molecule has 2 rings (SSSR count). The summed E-state index contributed by atoms with van der Waals surface area (Å²) in [6.45, 7) is 3.04. The van der Waals surface area contributed by atoms with Crippen molar-refractivity contribution in [2.75, 3.05) is 0 Å². The second-order valence-corrected chi connectivity index (χ2v) is 3.80. The van der Waals surface area contributed by atoms with Crippen molar-refractivity contribution in [1.82, 2.24) is 0 Å². The lowest BCUT2D eigenvalue weighted by Crippen LogP contribution is -2.34. The van der Waals surface area contributed by atoms with Crippen molar-refractivity contribution < 1.29 is 9.67 Å². The van der Waals surface area contributed by atoms with E-state index in [-0.39, 0.29) is 0 Å². The Morgan fingerprint density at radius 2 is 1.82 bits per heavy atom. The molecule has 0 fully saturated rings. The molecule has 17 heavy (non-hydrogen) atoms. The van der Waals surface area contributed by atoms with Crippen LogP contribution in [-0.4, -0.2) is 5.11 Å². The smallest absolute Gasteiger partial charge is 0.205 e. The van der Waals surface area contributed by atoms with Gasteiger partial charge in [0.25, 0.3) is 0 Å². The highest BCUT2D eigenvalue weighted by Gasteiger charge is 2.02. The Hall–Kier alpha value is -2.09. The summed E-state index contributed by atoms with van der Waals surface area (Å²) in [6, 6.07) is 13.4. The molecule has 0 bridgehead atoms. The third kappa shape index (κ3) is 2.72. The van der Waals surface area contributed by atoms with E-state index in [2.05, 4.69) is 17.6 Å². The van der Waals surface area contributed by atoms with Crippen molar-refractivity contribution in [2.24, 2.45) is 0 Å². The van der Waals surface area contributed by atoms with Crippen LogP contribution in [0.25, 0.3) is 12.2 Å². The fraction of sp³-hybridized carbons (Fsp3) is 0.133. The number of aromatic hydroxyl groups is 1. The van der Waals surface area contributed by atoms with Crippen LogP contribution >= 0.6 is 0 Å². The van der Waals surface area contributed by atoms with Crippen LogP contribution in [0.5, 0.6) is 5.75 Å². The van der Waals surface area contributed by atoms with Crippen molar-refractivity contribution in [3.05, 3.63) is 59.9 Å². The second-order valence-electron chi connectivity index (χ2n) is 3.80. The molecule has 0 amide bonds. The third-order valence-corrected chi connectivity index (χ3v) is 2.69. The zero-order valence-corrected chi connectivity index (χ0v) is 9.88. The number of aromatic nitrogens is 1. The molecule has 0 unspecified atom stereocenters. The maximum absolute atomic E-state index is 9.66. The summed E-state index contributed by atoms with van der Waals surface area (Å²) in [7, 11) is 0. The van der Waals surface area contributed by atoms with Gasteiger partial charge >= 0.3 is 0 Å². The molecule has 0 radical (unpaired) electrons. The van der Waals surface area contributed by atoms with Crippen LogP contribution in [0.3, 0.4) is 0 Å². The topological polar surface area (TPSA) is 24.1 Å². The van der Waals surface area contributed by atoms with Gasteiger partial charge in [-0.05, 0) is 25.1 Å². The summed E-state index contributed by atoms with van der Waals surface area (Å²) in [6.07, 6.45) is 5.99. The number of benzene rings is 1. The molecule has 0 aliphatic heterocycles. The number of hydrogen-bond donors (Lipinski definition) is 1. The van der Waals surface area contributed by atoms with E-state index in [1.807, 2.05) is 48.7 Å². The Bertz CT molecular complexity index is 532. The van der Waals surface area contributed by atoms with Gasteiger partial charge in [0.15, 0.2) is 6.20 Å². The molecule has 2 heteroatoms. The molecule has 0 saturated heterocycles. The van der Waals surface area contributed by atoms with E-state index in [1.165, 1.54) is 0 Å². The Morgan fingerprint density at radius 3 is 2.59 bits per heavy atom. The molecule has 86 valence electrons. The zero-order chi connectivity index (χ0) is 12.1. The van der Waals surface area contributed by atoms with Gasteiger partial charge in [0, 0.05) is 23.8 Å². The summed E-state index contributed by atoms with van der Waals surface area (Å²) in [5, 5.41) is 9.66. The Kier molecular flexibility index (Phi) is 3.55. The highest BCUT2D eigenvalue weighted by Crippen LogP contribution is 2.17. The zero-order valence-electron chi connectivity index (χ0n) is 9.88. The fourth-order valence-electron chi connectivity index (χ4n) is 1.73. The van der Waals surface area contributed by atoms with E-state index >= 15 is 0 Å². The quantitative estimate of drug-likeness (QED) is 0.799. The summed E-state index contributed by atoms with van der Waals surface area (Å²) < 4.78 is 2.15. The van der Waals surface area contributed by atoms with Crippen molar-refractivity contribution in [3.63, 3.8) is 0 Å². The van der Waals surface area contributed by atoms with Gasteiger partial charge in [-0.3, -0.25) is 0 Å². The number of rotatable bonds is 3. The Morgan fingerprint density at radius 1 is 1.06 bits per heavy atom. The number of phenolic OH excluding ortho intramolecular Hbond substituents is 1. The normalized spacial score (nSPS) is 10.9. The number of phenols is 1. The van der Waals surface area contributed by atoms with Crippen LogP contribution in [0.15, 0.2) is 48.7 Å². The first-order valence-corrected chi connectivity index (χ1v) is 5.76. The summed E-state index contributed by atoms with van der Waals surface area (Å²) in [4.78, 5) is 0. The molecule has 2 aromatic rings. The number of pyridine rings is 1. The minimum absolute atomic E-state index is 0.308. The first kappa shape index (κ1) is 11.4. The lowest BCUT2D eigenvalue weighted by Gasteiger charge is -1.98. The van der Waals surface area contributed by atoms with E-state index in [0.717, 1.165) is 17.8 Å². The van der Waals surface area contributed by atoms with Gasteiger partial charge in [0.1, 0.15) is 12.3 Å². The van der Waals surface area contributed by atoms with Gasteiger partial charge < -0.3 is 5.11 Å². The molecule has 1 aromatic heterocycles. The fourth-order valence-corrected chi connectivity index (χ4v) is 1.73. The van der Waals surface area contributed by atoms with Crippen molar-refractivity contribution in [3.8, 4) is 5.75 Å². The molecular weight excluding hydrogens is 210 g/mol. The monoisotopic (exact) mass is 226 g/mol. The minimum atomic E-state index is 0.308. The number of nitrogens with zero attached hydrogens (tertiary/aromatic N) is 1. The molecular formula is C15H16NO+. The summed E-state index contributed by atoms with van der Waals surface area (Å²) in [5.41, 5.74) is 1.96. The third-order valence-electron chi connectivity index (χ3n) is 2.69. The maximum Gasteiger partial charge on any atom is 0.205 e.